The van der Waals surface area contributed by atoms with Gasteiger partial charge in [0.2, 0.25) is 5.24 Å². The highest BCUT2D eigenvalue weighted by atomic mass is 35.5. The Morgan fingerprint density at radius 3 is 2.55 bits per heavy atom. The SMILES string of the molecule is O=C(Cl)[C@@H]1CCCN1C(=O)O. The summed E-state index contributed by atoms with van der Waals surface area (Å²) in [6.07, 6.45) is 0.200. The number of nitrogens with zero attached hydrogens (tertiary/aromatic N) is 1. The van der Waals surface area contributed by atoms with E-state index >= 15 is 0 Å². The highest BCUT2D eigenvalue weighted by Gasteiger charge is 2.32. The minimum absolute atomic E-state index is 0.415. The van der Waals surface area contributed by atoms with Crippen LogP contribution in [0.3, 0.4) is 0 Å². The maximum absolute atomic E-state index is 10.6. The molecule has 0 unspecified atom stereocenters. The van der Waals surface area contributed by atoms with Crippen LogP contribution in [0.1, 0.15) is 12.8 Å². The molecule has 0 spiro atoms. The van der Waals surface area contributed by atoms with Crippen molar-refractivity contribution >= 4 is 22.9 Å². The molecular formula is C6H8ClNO3. The van der Waals surface area contributed by atoms with Gasteiger partial charge < -0.3 is 5.11 Å². The van der Waals surface area contributed by atoms with Crippen molar-refractivity contribution in [2.45, 2.75) is 18.9 Å². The Hall–Kier alpha value is -0.770. The second-order valence-electron chi connectivity index (χ2n) is 2.44. The Balaban J connectivity index is 2.65. The van der Waals surface area contributed by atoms with Crippen LogP contribution in [0.4, 0.5) is 4.79 Å². The van der Waals surface area contributed by atoms with Gasteiger partial charge in [0, 0.05) is 6.54 Å². The Kier molecular flexibility index (Phi) is 2.34. The molecule has 0 aliphatic carbocycles. The van der Waals surface area contributed by atoms with Gasteiger partial charge in [-0.15, -0.1) is 0 Å². The topological polar surface area (TPSA) is 57.6 Å². The first kappa shape index (κ1) is 8.33. The van der Waals surface area contributed by atoms with Crippen molar-refractivity contribution in [1.82, 2.24) is 4.90 Å². The molecule has 1 saturated heterocycles. The summed E-state index contributed by atoms with van der Waals surface area (Å²) >= 11 is 5.18. The molecule has 0 bridgehead atoms. The van der Waals surface area contributed by atoms with Crippen LogP contribution in [0.25, 0.3) is 0 Å². The molecule has 1 rings (SSSR count). The lowest BCUT2D eigenvalue weighted by Crippen LogP contribution is -2.37. The van der Waals surface area contributed by atoms with Gasteiger partial charge in [-0.05, 0) is 24.4 Å². The van der Waals surface area contributed by atoms with Crippen molar-refractivity contribution < 1.29 is 14.7 Å². The lowest BCUT2D eigenvalue weighted by molar-refractivity contribution is -0.115. The standard InChI is InChI=1S/C6H8ClNO3/c7-5(9)4-2-1-3-8(4)6(10)11/h4H,1-3H2,(H,10,11)/t4-/m0/s1. The summed E-state index contributed by atoms with van der Waals surface area (Å²) in [7, 11) is 0. The maximum Gasteiger partial charge on any atom is 0.407 e. The summed E-state index contributed by atoms with van der Waals surface area (Å²) < 4.78 is 0. The first-order chi connectivity index (χ1) is 5.13. The summed E-state index contributed by atoms with van der Waals surface area (Å²) in [4.78, 5) is 22.1. The molecule has 5 heteroatoms. The van der Waals surface area contributed by atoms with E-state index in [9.17, 15) is 9.59 Å². The first-order valence-electron chi connectivity index (χ1n) is 3.32. The fraction of sp³-hybridized carbons (Fsp3) is 0.667. The summed E-state index contributed by atoms with van der Waals surface area (Å²) in [6.45, 7) is 0.415. The van der Waals surface area contributed by atoms with Crippen molar-refractivity contribution in [3.8, 4) is 0 Å². The summed E-state index contributed by atoms with van der Waals surface area (Å²) in [6, 6.07) is -0.617. The Morgan fingerprint density at radius 1 is 1.55 bits per heavy atom. The number of amides is 1. The van der Waals surface area contributed by atoms with Crippen LogP contribution >= 0.6 is 11.6 Å². The zero-order valence-corrected chi connectivity index (χ0v) is 6.54. The van der Waals surface area contributed by atoms with Gasteiger partial charge >= 0.3 is 6.09 Å². The Labute approximate surface area is 68.7 Å². The third kappa shape index (κ3) is 1.63. The highest BCUT2D eigenvalue weighted by Crippen LogP contribution is 2.18. The average molecular weight is 178 g/mol. The van der Waals surface area contributed by atoms with Crippen LogP contribution in [-0.4, -0.2) is 33.9 Å². The number of hydrogen-bond acceptors (Lipinski definition) is 2. The van der Waals surface area contributed by atoms with Crippen molar-refractivity contribution in [3.63, 3.8) is 0 Å². The fourth-order valence-corrected chi connectivity index (χ4v) is 1.46. The zero-order chi connectivity index (χ0) is 8.43. The number of carboxylic acid groups (broad SMARTS) is 1. The largest absolute Gasteiger partial charge is 0.465 e. The van der Waals surface area contributed by atoms with E-state index in [0.717, 1.165) is 11.3 Å². The van der Waals surface area contributed by atoms with Crippen LogP contribution in [0.2, 0.25) is 0 Å². The van der Waals surface area contributed by atoms with E-state index in [1.54, 1.807) is 0 Å². The van der Waals surface area contributed by atoms with Gasteiger partial charge in [0.25, 0.3) is 0 Å². The Morgan fingerprint density at radius 2 is 2.18 bits per heavy atom. The normalized spacial score (nSPS) is 23.7. The van der Waals surface area contributed by atoms with E-state index in [2.05, 4.69) is 0 Å². The molecule has 1 aliphatic rings. The predicted molar refractivity (Wildman–Crippen MR) is 38.6 cm³/mol. The molecule has 1 heterocycles. The van der Waals surface area contributed by atoms with Gasteiger partial charge in [-0.1, -0.05) is 0 Å². The molecule has 1 fully saturated rings. The van der Waals surface area contributed by atoms with Crippen molar-refractivity contribution in [3.05, 3.63) is 0 Å². The third-order valence-electron chi connectivity index (χ3n) is 1.76. The number of hydrogen-bond donors (Lipinski definition) is 1. The number of likely N-dealkylation sites (tertiary alicyclic amines) is 1. The number of rotatable bonds is 1. The third-order valence-corrected chi connectivity index (χ3v) is 2.01. The summed E-state index contributed by atoms with van der Waals surface area (Å²) in [5.41, 5.74) is 0. The summed E-state index contributed by atoms with van der Waals surface area (Å²) in [5, 5.41) is 7.97. The molecule has 4 nitrogen and oxygen atoms in total. The fourth-order valence-electron chi connectivity index (χ4n) is 1.23. The molecule has 1 N–H and O–H groups in total. The lowest BCUT2D eigenvalue weighted by atomic mass is 10.2. The van der Waals surface area contributed by atoms with E-state index in [1.807, 2.05) is 0 Å². The number of halogens is 1. The van der Waals surface area contributed by atoms with E-state index < -0.39 is 17.4 Å². The number of carbonyl (C=O) groups excluding carboxylic acids is 1. The number of carbonyl (C=O) groups is 2. The van der Waals surface area contributed by atoms with Gasteiger partial charge in [0.05, 0.1) is 0 Å². The second-order valence-corrected chi connectivity index (χ2v) is 2.81. The molecule has 0 aromatic carbocycles. The maximum atomic E-state index is 10.6. The highest BCUT2D eigenvalue weighted by molar-refractivity contribution is 6.64. The minimum Gasteiger partial charge on any atom is -0.465 e. The molecule has 0 saturated carbocycles. The average Bonchev–Trinajstić information content (AvgIpc) is 2.32. The van der Waals surface area contributed by atoms with Crippen molar-refractivity contribution in [1.29, 1.82) is 0 Å². The molecule has 1 aliphatic heterocycles. The molecule has 0 radical (unpaired) electrons. The van der Waals surface area contributed by atoms with Crippen LogP contribution in [-0.2, 0) is 4.79 Å². The van der Waals surface area contributed by atoms with E-state index in [4.69, 9.17) is 16.7 Å². The van der Waals surface area contributed by atoms with Crippen LogP contribution in [0.5, 0.6) is 0 Å². The van der Waals surface area contributed by atoms with E-state index in [0.29, 0.717) is 13.0 Å². The van der Waals surface area contributed by atoms with Gasteiger partial charge in [-0.2, -0.15) is 0 Å². The lowest BCUT2D eigenvalue weighted by Gasteiger charge is -2.16. The quantitative estimate of drug-likeness (QED) is 0.606. The van der Waals surface area contributed by atoms with Crippen LogP contribution < -0.4 is 0 Å². The van der Waals surface area contributed by atoms with Gasteiger partial charge in [0.15, 0.2) is 0 Å². The van der Waals surface area contributed by atoms with Gasteiger partial charge in [-0.25, -0.2) is 4.79 Å². The smallest absolute Gasteiger partial charge is 0.407 e. The summed E-state index contributed by atoms with van der Waals surface area (Å²) in [5.74, 6) is 0. The van der Waals surface area contributed by atoms with Crippen molar-refractivity contribution in [2.75, 3.05) is 6.54 Å². The molecule has 1 atom stereocenters. The Bertz CT molecular complexity index is 174. The molecule has 1 amide bonds. The zero-order valence-electron chi connectivity index (χ0n) is 5.79. The van der Waals surface area contributed by atoms with Crippen LogP contribution in [0, 0.1) is 0 Å². The molecule has 62 valence electrons. The first-order valence-corrected chi connectivity index (χ1v) is 3.69. The minimum atomic E-state index is -1.07. The molecule has 11 heavy (non-hydrogen) atoms. The molecule has 0 aromatic heterocycles. The van der Waals surface area contributed by atoms with Gasteiger partial charge in [-0.3, -0.25) is 9.69 Å². The van der Waals surface area contributed by atoms with Crippen molar-refractivity contribution in [2.24, 2.45) is 0 Å². The second kappa shape index (κ2) is 3.09. The predicted octanol–water partition coefficient (Wildman–Crippen LogP) is 0.894. The molecule has 0 aromatic rings. The van der Waals surface area contributed by atoms with E-state index in [1.165, 1.54) is 0 Å². The molecular weight excluding hydrogens is 170 g/mol. The monoisotopic (exact) mass is 177 g/mol. The van der Waals surface area contributed by atoms with Gasteiger partial charge in [0.1, 0.15) is 6.04 Å². The van der Waals surface area contributed by atoms with Crippen LogP contribution in [0.15, 0.2) is 0 Å². The van der Waals surface area contributed by atoms with E-state index in [-0.39, 0.29) is 0 Å².